The molecule has 1 unspecified atom stereocenters. The number of carboxylic acid groups (broad SMARTS) is 1. The van der Waals surface area contributed by atoms with E-state index in [1.165, 1.54) is 6.92 Å². The second kappa shape index (κ2) is 4.61. The van der Waals surface area contributed by atoms with Gasteiger partial charge < -0.3 is 14.4 Å². The maximum absolute atomic E-state index is 11.3. The van der Waals surface area contributed by atoms with Gasteiger partial charge in [-0.2, -0.15) is 0 Å². The average Bonchev–Trinajstić information content (AvgIpc) is 1.99. The van der Waals surface area contributed by atoms with Crippen molar-refractivity contribution in [1.82, 2.24) is 5.32 Å². The van der Waals surface area contributed by atoms with Gasteiger partial charge in [-0.1, -0.05) is 6.92 Å². The number of carboxylic acids is 1. The Bertz CT molecular complexity index is 258. The SMILES string of the molecule is CCCC(NC(C)=O)(C(=O)[O-])[N+](C)(C)C. The predicted molar refractivity (Wildman–Crippen MR) is 54.5 cm³/mol. The second-order valence-electron chi connectivity index (χ2n) is 4.59. The lowest BCUT2D eigenvalue weighted by Crippen LogP contribution is -2.74. The van der Waals surface area contributed by atoms with E-state index in [2.05, 4.69) is 5.32 Å². The average molecular weight is 216 g/mol. The number of hydrogen-bond acceptors (Lipinski definition) is 3. The first-order valence-corrected chi connectivity index (χ1v) is 4.99. The summed E-state index contributed by atoms with van der Waals surface area (Å²) in [6, 6.07) is 0. The maximum atomic E-state index is 11.3. The molecule has 0 fully saturated rings. The Morgan fingerprint density at radius 1 is 1.33 bits per heavy atom. The van der Waals surface area contributed by atoms with E-state index >= 15 is 0 Å². The normalized spacial score (nSPS) is 15.5. The van der Waals surface area contributed by atoms with Gasteiger partial charge in [0.1, 0.15) is 5.97 Å². The summed E-state index contributed by atoms with van der Waals surface area (Å²) in [5, 5.41) is 13.8. The summed E-state index contributed by atoms with van der Waals surface area (Å²) in [5.74, 6) is -1.60. The summed E-state index contributed by atoms with van der Waals surface area (Å²) < 4.78 is 0.1000. The first kappa shape index (κ1) is 13.9. The highest BCUT2D eigenvalue weighted by molar-refractivity contribution is 5.83. The van der Waals surface area contributed by atoms with Gasteiger partial charge in [-0.15, -0.1) is 0 Å². The van der Waals surface area contributed by atoms with Gasteiger partial charge in [0.05, 0.1) is 21.1 Å². The number of nitrogens with one attached hydrogen (secondary N) is 1. The molecule has 0 radical (unpaired) electrons. The summed E-state index contributed by atoms with van der Waals surface area (Å²) in [4.78, 5) is 22.3. The van der Waals surface area contributed by atoms with E-state index in [1.54, 1.807) is 21.1 Å². The molecule has 1 amide bonds. The zero-order valence-electron chi connectivity index (χ0n) is 10.1. The summed E-state index contributed by atoms with van der Waals surface area (Å²) >= 11 is 0. The molecule has 0 spiro atoms. The van der Waals surface area contributed by atoms with E-state index in [0.717, 1.165) is 0 Å². The topological polar surface area (TPSA) is 69.2 Å². The van der Waals surface area contributed by atoms with E-state index in [-0.39, 0.29) is 10.4 Å². The zero-order valence-corrected chi connectivity index (χ0v) is 10.1. The number of likely N-dealkylation sites (N-methyl/N-ethyl adjacent to an activating group) is 1. The molecule has 0 aliphatic heterocycles. The van der Waals surface area contributed by atoms with Crippen molar-refractivity contribution in [2.45, 2.75) is 32.4 Å². The Morgan fingerprint density at radius 2 is 1.80 bits per heavy atom. The Balaban J connectivity index is 5.27. The highest BCUT2D eigenvalue weighted by Gasteiger charge is 2.44. The first-order valence-electron chi connectivity index (χ1n) is 4.99. The second-order valence-corrected chi connectivity index (χ2v) is 4.59. The number of aliphatic carboxylic acids is 1. The van der Waals surface area contributed by atoms with Gasteiger partial charge >= 0.3 is 0 Å². The standard InChI is InChI=1S/C10H20N2O3/c1-6-7-10(9(14)15,11-8(2)13)12(3,4)5/h6-7H2,1-5H3,(H-,11,13,14,15). The molecule has 0 aliphatic carbocycles. The Morgan fingerprint density at radius 3 is 2.00 bits per heavy atom. The van der Waals surface area contributed by atoms with E-state index in [1.807, 2.05) is 6.92 Å². The zero-order chi connectivity index (χ0) is 12.3. The third-order valence-corrected chi connectivity index (χ3v) is 2.48. The number of amides is 1. The van der Waals surface area contributed by atoms with Crippen LogP contribution in [0.15, 0.2) is 0 Å². The van der Waals surface area contributed by atoms with Crippen molar-refractivity contribution in [2.75, 3.05) is 21.1 Å². The van der Waals surface area contributed by atoms with Crippen molar-refractivity contribution in [3.05, 3.63) is 0 Å². The van der Waals surface area contributed by atoms with Crippen LogP contribution in [0.4, 0.5) is 0 Å². The van der Waals surface area contributed by atoms with Gasteiger partial charge in [0, 0.05) is 13.3 Å². The lowest BCUT2D eigenvalue weighted by Gasteiger charge is -2.46. The van der Waals surface area contributed by atoms with Crippen LogP contribution in [0.5, 0.6) is 0 Å². The van der Waals surface area contributed by atoms with Crippen molar-refractivity contribution < 1.29 is 19.2 Å². The number of nitrogens with zero attached hydrogens (tertiary/aromatic N) is 1. The Labute approximate surface area is 90.7 Å². The minimum Gasteiger partial charge on any atom is -0.542 e. The van der Waals surface area contributed by atoms with Crippen LogP contribution in [0, 0.1) is 0 Å². The van der Waals surface area contributed by atoms with Gasteiger partial charge in [-0.05, 0) is 6.42 Å². The third-order valence-electron chi connectivity index (χ3n) is 2.48. The lowest BCUT2D eigenvalue weighted by atomic mass is 10.0. The summed E-state index contributed by atoms with van der Waals surface area (Å²) in [5.41, 5.74) is -1.35. The van der Waals surface area contributed by atoms with Crippen LogP contribution >= 0.6 is 0 Å². The summed E-state index contributed by atoms with van der Waals surface area (Å²) in [7, 11) is 5.17. The van der Waals surface area contributed by atoms with Gasteiger partial charge in [0.15, 0.2) is 0 Å². The number of carbonyl (C=O) groups is 2. The molecule has 1 N–H and O–H groups in total. The molecule has 88 valence electrons. The van der Waals surface area contributed by atoms with Crippen molar-refractivity contribution in [2.24, 2.45) is 0 Å². The van der Waals surface area contributed by atoms with Crippen LogP contribution < -0.4 is 10.4 Å². The summed E-state index contributed by atoms with van der Waals surface area (Å²) in [6.07, 6.45) is 1.00. The summed E-state index contributed by atoms with van der Waals surface area (Å²) in [6.45, 7) is 3.18. The molecule has 0 aromatic heterocycles. The largest absolute Gasteiger partial charge is 0.542 e. The van der Waals surface area contributed by atoms with Crippen molar-refractivity contribution in [3.8, 4) is 0 Å². The molecule has 15 heavy (non-hydrogen) atoms. The van der Waals surface area contributed by atoms with E-state index in [0.29, 0.717) is 12.8 Å². The van der Waals surface area contributed by atoms with E-state index in [4.69, 9.17) is 0 Å². The molecule has 0 aromatic carbocycles. The molecular weight excluding hydrogens is 196 g/mol. The van der Waals surface area contributed by atoms with Gasteiger partial charge in [0.2, 0.25) is 11.6 Å². The fourth-order valence-electron chi connectivity index (χ4n) is 1.65. The maximum Gasteiger partial charge on any atom is 0.221 e. The monoisotopic (exact) mass is 216 g/mol. The predicted octanol–water partition coefficient (Wildman–Crippen LogP) is -0.925. The molecule has 0 saturated carbocycles. The Hall–Kier alpha value is -1.10. The molecule has 0 bridgehead atoms. The molecular formula is C10H20N2O3. The number of hydrogen-bond donors (Lipinski definition) is 1. The van der Waals surface area contributed by atoms with Crippen molar-refractivity contribution in [3.63, 3.8) is 0 Å². The van der Waals surface area contributed by atoms with Crippen LogP contribution in [-0.2, 0) is 9.59 Å². The van der Waals surface area contributed by atoms with Crippen LogP contribution in [0.3, 0.4) is 0 Å². The fraction of sp³-hybridized carbons (Fsp3) is 0.800. The smallest absolute Gasteiger partial charge is 0.221 e. The highest BCUT2D eigenvalue weighted by atomic mass is 16.4. The Kier molecular flexibility index (Phi) is 4.27. The number of carbonyl (C=O) groups excluding carboxylic acids is 2. The van der Waals surface area contributed by atoms with Crippen LogP contribution in [0.25, 0.3) is 0 Å². The molecule has 1 atom stereocenters. The molecule has 0 heterocycles. The highest BCUT2D eigenvalue weighted by Crippen LogP contribution is 2.21. The van der Waals surface area contributed by atoms with Crippen LogP contribution in [-0.4, -0.2) is 43.2 Å². The van der Waals surface area contributed by atoms with Crippen molar-refractivity contribution in [1.29, 1.82) is 0 Å². The molecule has 0 saturated heterocycles. The van der Waals surface area contributed by atoms with Gasteiger partial charge in [-0.3, -0.25) is 10.1 Å². The lowest BCUT2D eigenvalue weighted by molar-refractivity contribution is -0.919. The molecule has 5 heteroatoms. The van der Waals surface area contributed by atoms with Crippen molar-refractivity contribution >= 4 is 11.9 Å². The minimum atomic E-state index is -1.35. The fourth-order valence-corrected chi connectivity index (χ4v) is 1.65. The molecule has 0 aromatic rings. The molecule has 0 aliphatic rings. The van der Waals surface area contributed by atoms with Gasteiger partial charge in [0.25, 0.3) is 0 Å². The van der Waals surface area contributed by atoms with E-state index < -0.39 is 11.6 Å². The van der Waals surface area contributed by atoms with Crippen LogP contribution in [0.2, 0.25) is 0 Å². The van der Waals surface area contributed by atoms with Gasteiger partial charge in [-0.25, -0.2) is 0 Å². The van der Waals surface area contributed by atoms with E-state index in [9.17, 15) is 14.7 Å². The quantitative estimate of drug-likeness (QED) is 0.477. The van der Waals surface area contributed by atoms with Crippen LogP contribution in [0.1, 0.15) is 26.7 Å². The number of quaternary nitrogens is 1. The minimum absolute atomic E-state index is 0.1000. The third kappa shape index (κ3) is 2.92. The molecule has 0 rings (SSSR count). The first-order chi connectivity index (χ1) is 6.67. The number of rotatable bonds is 5. The molecule has 5 nitrogen and oxygen atoms in total.